The fourth-order valence-electron chi connectivity index (χ4n) is 2.81. The molecule has 1 aromatic heterocycles. The zero-order valence-electron chi connectivity index (χ0n) is 17.0. The molecule has 162 valence electrons. The largest absolute Gasteiger partial charge is 0.507 e. The lowest BCUT2D eigenvalue weighted by Gasteiger charge is -2.10. The van der Waals surface area contributed by atoms with E-state index in [0.717, 1.165) is 11.8 Å². The third kappa shape index (κ3) is 5.12. The number of aliphatic carboxylic acids is 1. The summed E-state index contributed by atoms with van der Waals surface area (Å²) in [6.45, 7) is 2.40. The van der Waals surface area contributed by atoms with Crippen molar-refractivity contribution in [1.29, 1.82) is 0 Å². The maximum absolute atomic E-state index is 11.9. The molecule has 0 fully saturated rings. The topological polar surface area (TPSA) is 107 Å². The van der Waals surface area contributed by atoms with Crippen LogP contribution in [0.15, 0.2) is 46.5 Å². The van der Waals surface area contributed by atoms with Gasteiger partial charge >= 0.3 is 5.97 Å². The molecule has 0 bridgehead atoms. The Hall–Kier alpha value is -3.17. The number of methoxy groups -OCH3 is 2. The molecule has 3 rings (SSSR count). The summed E-state index contributed by atoms with van der Waals surface area (Å²) in [5, 5.41) is 28.9. The van der Waals surface area contributed by atoms with Crippen molar-refractivity contribution < 1.29 is 24.5 Å². The van der Waals surface area contributed by atoms with Crippen molar-refractivity contribution in [1.82, 2.24) is 14.8 Å². The molecule has 2 aromatic carbocycles. The summed E-state index contributed by atoms with van der Waals surface area (Å²) in [6, 6.07) is 9.75. The number of hydrogen-bond acceptors (Lipinski definition) is 7. The molecule has 0 saturated heterocycles. The lowest BCUT2D eigenvalue weighted by atomic mass is 10.2. The fourth-order valence-corrected chi connectivity index (χ4v) is 3.87. The van der Waals surface area contributed by atoms with Crippen LogP contribution < -0.4 is 9.47 Å². The van der Waals surface area contributed by atoms with Crippen molar-refractivity contribution in [3.8, 4) is 28.6 Å². The van der Waals surface area contributed by atoms with Gasteiger partial charge in [0.05, 0.1) is 14.2 Å². The number of benzene rings is 2. The van der Waals surface area contributed by atoms with Gasteiger partial charge in [0.25, 0.3) is 0 Å². The molecular formula is C21H20ClN3O5S. The summed E-state index contributed by atoms with van der Waals surface area (Å²) in [6.07, 6.45) is 1.34. The molecular weight excluding hydrogens is 442 g/mol. The van der Waals surface area contributed by atoms with E-state index in [1.54, 1.807) is 37.0 Å². The van der Waals surface area contributed by atoms with Crippen LogP contribution in [0.25, 0.3) is 17.5 Å². The van der Waals surface area contributed by atoms with Crippen molar-refractivity contribution in [2.24, 2.45) is 0 Å². The van der Waals surface area contributed by atoms with Crippen LogP contribution >= 0.6 is 23.4 Å². The molecule has 0 atom stereocenters. The molecule has 0 unspecified atom stereocenters. The van der Waals surface area contributed by atoms with Crippen LogP contribution in [0.5, 0.6) is 17.2 Å². The first kappa shape index (κ1) is 22.5. The number of rotatable bonds is 8. The molecule has 0 spiro atoms. The molecule has 0 amide bonds. The van der Waals surface area contributed by atoms with Gasteiger partial charge in [-0.1, -0.05) is 11.6 Å². The summed E-state index contributed by atoms with van der Waals surface area (Å²) in [5.41, 5.74) is 1.00. The Morgan fingerprint density at radius 3 is 2.42 bits per heavy atom. The maximum atomic E-state index is 11.9. The van der Waals surface area contributed by atoms with E-state index in [1.165, 1.54) is 24.3 Å². The number of ether oxygens (including phenoxy) is 2. The van der Waals surface area contributed by atoms with Crippen LogP contribution in [0.3, 0.4) is 0 Å². The number of aromatic hydroxyl groups is 1. The van der Waals surface area contributed by atoms with Gasteiger partial charge in [-0.2, -0.15) is 0 Å². The highest BCUT2D eigenvalue weighted by molar-refractivity contribution is 8.04. The van der Waals surface area contributed by atoms with E-state index in [0.29, 0.717) is 39.6 Å². The first-order valence-electron chi connectivity index (χ1n) is 9.14. The van der Waals surface area contributed by atoms with Crippen LogP contribution in [0.4, 0.5) is 0 Å². The SMILES string of the molecule is CCn1c(S/C(=C\c2cc(Cl)ccc2O)C(=O)O)nnc1-c1cc(OC)cc(OC)c1. The number of halogens is 1. The van der Waals surface area contributed by atoms with E-state index in [1.807, 2.05) is 6.92 Å². The molecule has 10 heteroatoms. The van der Waals surface area contributed by atoms with Gasteiger partial charge in [-0.3, -0.25) is 0 Å². The average molecular weight is 462 g/mol. The number of nitrogens with zero attached hydrogens (tertiary/aromatic N) is 3. The molecule has 31 heavy (non-hydrogen) atoms. The molecule has 0 saturated carbocycles. The molecule has 0 aliphatic rings. The van der Waals surface area contributed by atoms with Gasteiger partial charge in [-0.15, -0.1) is 10.2 Å². The van der Waals surface area contributed by atoms with Crippen molar-refractivity contribution in [2.45, 2.75) is 18.6 Å². The summed E-state index contributed by atoms with van der Waals surface area (Å²) in [4.78, 5) is 11.8. The number of carboxylic acids is 1. The van der Waals surface area contributed by atoms with Crippen LogP contribution in [0.1, 0.15) is 12.5 Å². The smallest absolute Gasteiger partial charge is 0.342 e. The monoisotopic (exact) mass is 461 g/mol. The van der Waals surface area contributed by atoms with Gasteiger partial charge in [0, 0.05) is 28.8 Å². The minimum atomic E-state index is -1.17. The van der Waals surface area contributed by atoms with Gasteiger partial charge in [-0.25, -0.2) is 4.79 Å². The van der Waals surface area contributed by atoms with Gasteiger partial charge in [0.2, 0.25) is 0 Å². The number of thioether (sulfide) groups is 1. The Morgan fingerprint density at radius 1 is 1.16 bits per heavy atom. The van der Waals surface area contributed by atoms with E-state index in [4.69, 9.17) is 21.1 Å². The van der Waals surface area contributed by atoms with E-state index in [9.17, 15) is 15.0 Å². The molecule has 3 aromatic rings. The fraction of sp³-hybridized carbons (Fsp3) is 0.190. The number of phenols is 1. The highest BCUT2D eigenvalue weighted by Gasteiger charge is 2.19. The second-order valence-corrected chi connectivity index (χ2v) is 7.72. The average Bonchev–Trinajstić information content (AvgIpc) is 3.17. The Bertz CT molecular complexity index is 1120. The summed E-state index contributed by atoms with van der Waals surface area (Å²) >= 11 is 6.89. The molecule has 0 aliphatic heterocycles. The maximum Gasteiger partial charge on any atom is 0.342 e. The lowest BCUT2D eigenvalue weighted by molar-refractivity contribution is -0.131. The second kappa shape index (κ2) is 9.76. The van der Waals surface area contributed by atoms with Crippen LogP contribution in [-0.2, 0) is 11.3 Å². The number of hydrogen-bond donors (Lipinski definition) is 2. The third-order valence-electron chi connectivity index (χ3n) is 4.33. The van der Waals surface area contributed by atoms with Gasteiger partial charge < -0.3 is 24.3 Å². The standard InChI is InChI=1S/C21H20ClN3O5S/c1-4-25-19(13-8-15(29-2)11-16(9-13)30-3)23-24-21(25)31-18(20(27)28)10-12-7-14(22)5-6-17(12)26/h5-11,26H,4H2,1-3H3,(H,27,28)/b18-10-. The molecule has 0 aliphatic carbocycles. The highest BCUT2D eigenvalue weighted by atomic mass is 35.5. The number of phenolic OH excluding ortho intramolecular Hbond substituents is 1. The van der Waals surface area contributed by atoms with Gasteiger partial charge in [0.1, 0.15) is 22.2 Å². The predicted molar refractivity (Wildman–Crippen MR) is 119 cm³/mol. The molecule has 8 nitrogen and oxygen atoms in total. The highest BCUT2D eigenvalue weighted by Crippen LogP contribution is 2.34. The lowest BCUT2D eigenvalue weighted by Crippen LogP contribution is -2.03. The zero-order chi connectivity index (χ0) is 22.5. The molecule has 1 heterocycles. The van der Waals surface area contributed by atoms with E-state index in [2.05, 4.69) is 10.2 Å². The van der Waals surface area contributed by atoms with Crippen LogP contribution in [0.2, 0.25) is 5.02 Å². The van der Waals surface area contributed by atoms with Crippen molar-refractivity contribution in [2.75, 3.05) is 14.2 Å². The summed E-state index contributed by atoms with van der Waals surface area (Å²) in [7, 11) is 3.11. The third-order valence-corrected chi connectivity index (χ3v) is 5.56. The quantitative estimate of drug-likeness (QED) is 0.371. The van der Waals surface area contributed by atoms with Gasteiger partial charge in [-0.05, 0) is 55.1 Å². The van der Waals surface area contributed by atoms with Crippen molar-refractivity contribution >= 4 is 35.4 Å². The van der Waals surface area contributed by atoms with E-state index in [-0.39, 0.29) is 16.2 Å². The van der Waals surface area contributed by atoms with Crippen molar-refractivity contribution in [3.63, 3.8) is 0 Å². The number of aromatic nitrogens is 3. The number of carbonyl (C=O) groups is 1. The minimum absolute atomic E-state index is 0.0468. The first-order chi connectivity index (χ1) is 14.9. The summed E-state index contributed by atoms with van der Waals surface area (Å²) < 4.78 is 12.4. The molecule has 2 N–H and O–H groups in total. The van der Waals surface area contributed by atoms with Gasteiger partial charge in [0.15, 0.2) is 11.0 Å². The Labute approximate surface area is 188 Å². The normalized spacial score (nSPS) is 11.4. The van der Waals surface area contributed by atoms with Crippen LogP contribution in [-0.4, -0.2) is 45.2 Å². The van der Waals surface area contributed by atoms with E-state index < -0.39 is 5.97 Å². The summed E-state index contributed by atoms with van der Waals surface area (Å²) in [5.74, 6) is 0.482. The predicted octanol–water partition coefficient (Wildman–Crippen LogP) is 4.56. The van der Waals surface area contributed by atoms with E-state index >= 15 is 0 Å². The zero-order valence-corrected chi connectivity index (χ0v) is 18.6. The second-order valence-electron chi connectivity index (χ2n) is 6.27. The number of carboxylic acid groups (broad SMARTS) is 1. The van der Waals surface area contributed by atoms with Crippen molar-refractivity contribution in [3.05, 3.63) is 51.9 Å². The Kier molecular flexibility index (Phi) is 7.09. The molecule has 0 radical (unpaired) electrons. The Balaban J connectivity index is 2.02. The Morgan fingerprint density at radius 2 is 1.84 bits per heavy atom. The first-order valence-corrected chi connectivity index (χ1v) is 10.3. The van der Waals surface area contributed by atoms with Crippen LogP contribution in [0, 0.1) is 0 Å². The minimum Gasteiger partial charge on any atom is -0.507 e.